The fourth-order valence-electron chi connectivity index (χ4n) is 3.70. The summed E-state index contributed by atoms with van der Waals surface area (Å²) in [4.78, 5) is 0. The van der Waals surface area contributed by atoms with E-state index in [0.717, 1.165) is 5.92 Å². The number of hydrogen-bond acceptors (Lipinski definition) is 0. The fourth-order valence-corrected chi connectivity index (χ4v) is 3.70. The van der Waals surface area contributed by atoms with Gasteiger partial charge in [0.15, 0.2) is 0 Å². The van der Waals surface area contributed by atoms with Gasteiger partial charge in [0.1, 0.15) is 0 Å². The zero-order chi connectivity index (χ0) is 14.2. The first-order valence-electron chi connectivity index (χ1n) is 8.89. The van der Waals surface area contributed by atoms with Crippen molar-refractivity contribution in [3.8, 4) is 0 Å². The van der Waals surface area contributed by atoms with E-state index in [0.29, 0.717) is 0 Å². The lowest BCUT2D eigenvalue weighted by molar-refractivity contribution is 0.440. The van der Waals surface area contributed by atoms with Gasteiger partial charge in [0, 0.05) is 0 Å². The Balaban J connectivity index is 2.12. The van der Waals surface area contributed by atoms with Crippen LogP contribution in [0.5, 0.6) is 0 Å². The average Bonchev–Trinajstić information content (AvgIpc) is 2.52. The Labute approximate surface area is 126 Å². The van der Waals surface area contributed by atoms with Crippen molar-refractivity contribution in [2.24, 2.45) is 0 Å². The molecule has 2 rings (SSSR count). The van der Waals surface area contributed by atoms with E-state index in [-0.39, 0.29) is 0 Å². The van der Waals surface area contributed by atoms with Crippen LogP contribution in [-0.4, -0.2) is 0 Å². The van der Waals surface area contributed by atoms with Gasteiger partial charge in [-0.25, -0.2) is 0 Å². The first-order valence-corrected chi connectivity index (χ1v) is 8.89. The minimum absolute atomic E-state index is 0.802. The zero-order valence-electron chi connectivity index (χ0n) is 13.5. The SMILES string of the molecule is CCCCCCc1c(C2CCCCC2)[c]ccc1CC. The second-order valence-electron chi connectivity index (χ2n) is 6.39. The van der Waals surface area contributed by atoms with Crippen LogP contribution in [0.4, 0.5) is 0 Å². The van der Waals surface area contributed by atoms with Crippen molar-refractivity contribution in [1.82, 2.24) is 0 Å². The van der Waals surface area contributed by atoms with Gasteiger partial charge in [0.05, 0.1) is 0 Å². The molecular formula is C20H31. The summed E-state index contributed by atoms with van der Waals surface area (Å²) in [6.07, 6.45) is 15.0. The number of rotatable bonds is 7. The predicted octanol–water partition coefficient (Wildman–Crippen LogP) is 6.22. The molecule has 0 saturated heterocycles. The van der Waals surface area contributed by atoms with Crippen molar-refractivity contribution in [3.05, 3.63) is 34.9 Å². The van der Waals surface area contributed by atoms with Crippen molar-refractivity contribution in [2.75, 3.05) is 0 Å². The van der Waals surface area contributed by atoms with Crippen LogP contribution in [-0.2, 0) is 12.8 Å². The standard InChI is InChI=1S/C20H31/c1-3-5-6-10-15-19-17(4-2)14-11-16-20(19)18-12-8-7-9-13-18/h11,14,18H,3-10,12-13,15H2,1-2H3. The van der Waals surface area contributed by atoms with Crippen molar-refractivity contribution in [3.63, 3.8) is 0 Å². The lowest BCUT2D eigenvalue weighted by atomic mass is 9.79. The van der Waals surface area contributed by atoms with Crippen molar-refractivity contribution >= 4 is 0 Å². The van der Waals surface area contributed by atoms with E-state index in [2.05, 4.69) is 32.0 Å². The molecule has 0 aromatic heterocycles. The molecule has 1 aliphatic carbocycles. The van der Waals surface area contributed by atoms with Crippen molar-refractivity contribution in [1.29, 1.82) is 0 Å². The van der Waals surface area contributed by atoms with Crippen LogP contribution in [0.25, 0.3) is 0 Å². The van der Waals surface area contributed by atoms with Crippen LogP contribution >= 0.6 is 0 Å². The van der Waals surface area contributed by atoms with E-state index < -0.39 is 0 Å². The minimum atomic E-state index is 0.802. The van der Waals surface area contributed by atoms with E-state index in [1.54, 1.807) is 16.7 Å². The lowest BCUT2D eigenvalue weighted by Gasteiger charge is -2.25. The summed E-state index contributed by atoms with van der Waals surface area (Å²) >= 11 is 0. The summed E-state index contributed by atoms with van der Waals surface area (Å²) in [5.41, 5.74) is 4.83. The molecule has 0 amide bonds. The molecule has 1 radical (unpaired) electrons. The van der Waals surface area contributed by atoms with Crippen LogP contribution in [0, 0.1) is 6.07 Å². The van der Waals surface area contributed by atoms with Crippen molar-refractivity contribution in [2.45, 2.75) is 90.4 Å². The van der Waals surface area contributed by atoms with Gasteiger partial charge in [0.2, 0.25) is 0 Å². The van der Waals surface area contributed by atoms with Crippen LogP contribution in [0.15, 0.2) is 12.1 Å². The van der Waals surface area contributed by atoms with Crippen LogP contribution in [0.3, 0.4) is 0 Å². The molecule has 0 unspecified atom stereocenters. The smallest absolute Gasteiger partial charge is 0.0143 e. The molecule has 0 atom stereocenters. The maximum absolute atomic E-state index is 3.62. The molecule has 0 bridgehead atoms. The number of aryl methyl sites for hydroxylation is 1. The topological polar surface area (TPSA) is 0 Å². The number of unbranched alkanes of at least 4 members (excludes halogenated alkanes) is 3. The van der Waals surface area contributed by atoms with Gasteiger partial charge in [0.25, 0.3) is 0 Å². The zero-order valence-corrected chi connectivity index (χ0v) is 13.5. The van der Waals surface area contributed by atoms with Gasteiger partial charge in [-0.15, -0.1) is 0 Å². The maximum atomic E-state index is 3.62. The molecule has 0 spiro atoms. The summed E-state index contributed by atoms with van der Waals surface area (Å²) in [6, 6.07) is 8.11. The Hall–Kier alpha value is -0.780. The second kappa shape index (κ2) is 8.49. The number of hydrogen-bond donors (Lipinski definition) is 0. The highest BCUT2D eigenvalue weighted by atomic mass is 14.2. The van der Waals surface area contributed by atoms with Gasteiger partial charge in [-0.3, -0.25) is 0 Å². The summed E-state index contributed by atoms with van der Waals surface area (Å²) in [5.74, 6) is 0.802. The molecule has 1 aliphatic rings. The normalized spacial score (nSPS) is 16.5. The van der Waals surface area contributed by atoms with Crippen LogP contribution < -0.4 is 0 Å². The molecular weight excluding hydrogens is 240 g/mol. The summed E-state index contributed by atoms with van der Waals surface area (Å²) in [6.45, 7) is 4.59. The van der Waals surface area contributed by atoms with Gasteiger partial charge in [-0.05, 0) is 60.8 Å². The largest absolute Gasteiger partial charge is 0.0654 e. The number of benzene rings is 1. The Bertz CT molecular complexity index is 385. The molecule has 0 N–H and O–H groups in total. The molecule has 1 fully saturated rings. The van der Waals surface area contributed by atoms with Gasteiger partial charge >= 0.3 is 0 Å². The lowest BCUT2D eigenvalue weighted by Crippen LogP contribution is -2.09. The van der Waals surface area contributed by atoms with Crippen LogP contribution in [0.1, 0.15) is 94.2 Å². The van der Waals surface area contributed by atoms with Crippen LogP contribution in [0.2, 0.25) is 0 Å². The van der Waals surface area contributed by atoms with Gasteiger partial charge in [-0.2, -0.15) is 0 Å². The Morgan fingerprint density at radius 3 is 2.55 bits per heavy atom. The molecule has 111 valence electrons. The average molecular weight is 271 g/mol. The van der Waals surface area contributed by atoms with Crippen molar-refractivity contribution < 1.29 is 0 Å². The third kappa shape index (κ3) is 4.11. The Morgan fingerprint density at radius 2 is 1.85 bits per heavy atom. The molecule has 0 aliphatic heterocycles. The van der Waals surface area contributed by atoms with E-state index in [4.69, 9.17) is 0 Å². The fraction of sp³-hybridized carbons (Fsp3) is 0.700. The molecule has 1 saturated carbocycles. The first-order chi connectivity index (χ1) is 9.86. The molecule has 1 aromatic carbocycles. The Kier molecular flexibility index (Phi) is 6.63. The van der Waals surface area contributed by atoms with E-state index in [9.17, 15) is 0 Å². The maximum Gasteiger partial charge on any atom is -0.0143 e. The molecule has 0 nitrogen and oxygen atoms in total. The van der Waals surface area contributed by atoms with Gasteiger partial charge in [-0.1, -0.05) is 64.5 Å². The monoisotopic (exact) mass is 271 g/mol. The Morgan fingerprint density at radius 1 is 1.05 bits per heavy atom. The summed E-state index contributed by atoms with van der Waals surface area (Å²) in [5, 5.41) is 0. The first kappa shape index (κ1) is 15.6. The second-order valence-corrected chi connectivity index (χ2v) is 6.39. The van der Waals surface area contributed by atoms with E-state index in [1.807, 2.05) is 0 Å². The highest BCUT2D eigenvalue weighted by molar-refractivity contribution is 5.37. The predicted molar refractivity (Wildman–Crippen MR) is 88.3 cm³/mol. The third-order valence-electron chi connectivity index (χ3n) is 4.91. The highest BCUT2D eigenvalue weighted by Crippen LogP contribution is 2.35. The molecule has 1 aromatic rings. The summed E-state index contributed by atoms with van der Waals surface area (Å²) in [7, 11) is 0. The van der Waals surface area contributed by atoms with E-state index >= 15 is 0 Å². The van der Waals surface area contributed by atoms with E-state index in [1.165, 1.54) is 70.6 Å². The van der Waals surface area contributed by atoms with Gasteiger partial charge < -0.3 is 0 Å². The quantitative estimate of drug-likeness (QED) is 0.516. The third-order valence-corrected chi connectivity index (χ3v) is 4.91. The molecule has 0 heteroatoms. The molecule has 0 heterocycles. The highest BCUT2D eigenvalue weighted by Gasteiger charge is 2.19. The molecule has 20 heavy (non-hydrogen) atoms. The minimum Gasteiger partial charge on any atom is -0.0654 e. The summed E-state index contributed by atoms with van der Waals surface area (Å²) < 4.78 is 0.